The SMILES string of the molecule is O=C(Nc1nn(Cc2ccccc2F)cc1Br)c1ccn(COc2ccc(Br)cc2)n1. The number of rotatable bonds is 7. The smallest absolute Gasteiger partial charge is 0.277 e. The Balaban J connectivity index is 1.38. The summed E-state index contributed by atoms with van der Waals surface area (Å²) in [6.07, 6.45) is 3.33. The monoisotopic (exact) mass is 547 g/mol. The van der Waals surface area contributed by atoms with Crippen LogP contribution in [0.2, 0.25) is 0 Å². The van der Waals surface area contributed by atoms with E-state index in [2.05, 4.69) is 47.4 Å². The van der Waals surface area contributed by atoms with E-state index < -0.39 is 5.91 Å². The number of nitrogens with one attached hydrogen (secondary N) is 1. The van der Waals surface area contributed by atoms with Crippen molar-refractivity contribution in [3.63, 3.8) is 0 Å². The number of nitrogens with zero attached hydrogens (tertiary/aromatic N) is 4. The summed E-state index contributed by atoms with van der Waals surface area (Å²) < 4.78 is 24.1. The number of ether oxygens (including phenoxy) is 1. The lowest BCUT2D eigenvalue weighted by molar-refractivity contribution is 0.101. The molecular weight excluding hydrogens is 533 g/mol. The van der Waals surface area contributed by atoms with Gasteiger partial charge in [-0.05, 0) is 52.3 Å². The summed E-state index contributed by atoms with van der Waals surface area (Å²) in [6.45, 7) is 0.402. The number of aromatic nitrogens is 4. The predicted molar refractivity (Wildman–Crippen MR) is 120 cm³/mol. The highest BCUT2D eigenvalue weighted by atomic mass is 79.9. The van der Waals surface area contributed by atoms with Crippen LogP contribution in [0.4, 0.5) is 10.2 Å². The van der Waals surface area contributed by atoms with Crippen molar-refractivity contribution in [1.29, 1.82) is 0 Å². The maximum absolute atomic E-state index is 13.9. The van der Waals surface area contributed by atoms with Gasteiger partial charge in [-0.2, -0.15) is 10.2 Å². The Morgan fingerprint density at radius 3 is 2.58 bits per heavy atom. The standard InChI is InChI=1S/C21H16Br2FN5O2/c22-15-5-7-16(8-6-15)31-13-28-10-9-19(26-28)21(30)25-20-17(23)12-29(27-20)11-14-3-1-2-4-18(14)24/h1-10,12H,11,13H2,(H,25,27,30). The van der Waals surface area contributed by atoms with Gasteiger partial charge in [0.15, 0.2) is 18.2 Å². The molecule has 0 fully saturated rings. The van der Waals surface area contributed by atoms with Crippen LogP contribution in [0.25, 0.3) is 0 Å². The van der Waals surface area contributed by atoms with Crippen LogP contribution in [-0.4, -0.2) is 25.5 Å². The van der Waals surface area contributed by atoms with Crippen molar-refractivity contribution < 1.29 is 13.9 Å². The van der Waals surface area contributed by atoms with E-state index in [0.717, 1.165) is 4.47 Å². The number of carbonyl (C=O) groups is 1. The Hall–Kier alpha value is -2.98. The van der Waals surface area contributed by atoms with Crippen molar-refractivity contribution >= 4 is 43.6 Å². The van der Waals surface area contributed by atoms with E-state index in [1.54, 1.807) is 41.3 Å². The van der Waals surface area contributed by atoms with Crippen molar-refractivity contribution in [2.24, 2.45) is 0 Å². The summed E-state index contributed by atoms with van der Waals surface area (Å²) in [5.41, 5.74) is 0.717. The molecule has 2 heterocycles. The number of anilines is 1. The molecule has 2 aromatic heterocycles. The van der Waals surface area contributed by atoms with Gasteiger partial charge in [0.1, 0.15) is 11.6 Å². The second kappa shape index (κ2) is 9.44. The number of carbonyl (C=O) groups excluding carboxylic acids is 1. The Labute approximate surface area is 194 Å². The van der Waals surface area contributed by atoms with Crippen molar-refractivity contribution in [2.45, 2.75) is 13.3 Å². The van der Waals surface area contributed by atoms with Crippen molar-refractivity contribution in [3.05, 3.63) is 93.0 Å². The van der Waals surface area contributed by atoms with E-state index in [0.29, 0.717) is 21.6 Å². The molecule has 0 saturated carbocycles. The molecule has 4 rings (SSSR count). The second-order valence-corrected chi connectivity index (χ2v) is 8.31. The van der Waals surface area contributed by atoms with E-state index >= 15 is 0 Å². The molecule has 0 spiro atoms. The Bertz CT molecular complexity index is 1210. The highest BCUT2D eigenvalue weighted by Gasteiger charge is 2.15. The quantitative estimate of drug-likeness (QED) is 0.349. The fraction of sp³-hybridized carbons (Fsp3) is 0.0952. The number of hydrogen-bond acceptors (Lipinski definition) is 4. The topological polar surface area (TPSA) is 74.0 Å². The molecule has 1 N–H and O–H groups in total. The van der Waals surface area contributed by atoms with Crippen LogP contribution in [0.5, 0.6) is 5.75 Å². The van der Waals surface area contributed by atoms with E-state index in [-0.39, 0.29) is 24.8 Å². The summed E-state index contributed by atoms with van der Waals surface area (Å²) in [5.74, 6) is 0.283. The van der Waals surface area contributed by atoms with Crippen molar-refractivity contribution in [1.82, 2.24) is 19.6 Å². The predicted octanol–water partition coefficient (Wildman–Crippen LogP) is 5.08. The molecule has 0 aliphatic rings. The van der Waals surface area contributed by atoms with Gasteiger partial charge in [0.05, 0.1) is 11.0 Å². The molecule has 4 aromatic rings. The van der Waals surface area contributed by atoms with Crippen LogP contribution in [0, 0.1) is 5.82 Å². The molecule has 7 nitrogen and oxygen atoms in total. The van der Waals surface area contributed by atoms with Gasteiger partial charge in [0.25, 0.3) is 5.91 Å². The first-order valence-corrected chi connectivity index (χ1v) is 10.8. The third-order valence-corrected chi connectivity index (χ3v) is 5.40. The van der Waals surface area contributed by atoms with Gasteiger partial charge in [-0.15, -0.1) is 0 Å². The van der Waals surface area contributed by atoms with Gasteiger partial charge in [-0.25, -0.2) is 9.07 Å². The average Bonchev–Trinajstić information content (AvgIpc) is 3.36. The fourth-order valence-electron chi connectivity index (χ4n) is 2.76. The zero-order chi connectivity index (χ0) is 21.8. The molecule has 2 aromatic carbocycles. The zero-order valence-electron chi connectivity index (χ0n) is 16.0. The van der Waals surface area contributed by atoms with Gasteiger partial charge in [0.2, 0.25) is 0 Å². The van der Waals surface area contributed by atoms with Crippen LogP contribution in [-0.2, 0) is 13.3 Å². The minimum atomic E-state index is -0.417. The number of benzene rings is 2. The van der Waals surface area contributed by atoms with E-state index in [9.17, 15) is 9.18 Å². The largest absolute Gasteiger partial charge is 0.471 e. The van der Waals surface area contributed by atoms with Crippen LogP contribution < -0.4 is 10.1 Å². The summed E-state index contributed by atoms with van der Waals surface area (Å²) >= 11 is 6.74. The average molecular weight is 549 g/mol. The lowest BCUT2D eigenvalue weighted by Crippen LogP contribution is -2.15. The fourth-order valence-corrected chi connectivity index (χ4v) is 3.44. The maximum Gasteiger partial charge on any atom is 0.277 e. The molecule has 0 unspecified atom stereocenters. The molecule has 0 aliphatic carbocycles. The number of hydrogen-bond donors (Lipinski definition) is 1. The first kappa shape index (κ1) is 21.3. The minimum absolute atomic E-state index is 0.163. The molecule has 31 heavy (non-hydrogen) atoms. The first-order valence-electron chi connectivity index (χ1n) is 9.17. The van der Waals surface area contributed by atoms with E-state index in [4.69, 9.17) is 4.74 Å². The highest BCUT2D eigenvalue weighted by molar-refractivity contribution is 9.10. The molecule has 0 aliphatic heterocycles. The van der Waals surface area contributed by atoms with Gasteiger partial charge >= 0.3 is 0 Å². The lowest BCUT2D eigenvalue weighted by atomic mass is 10.2. The Morgan fingerprint density at radius 1 is 1.03 bits per heavy atom. The van der Waals surface area contributed by atoms with Gasteiger partial charge in [0, 0.05) is 22.4 Å². The first-order chi connectivity index (χ1) is 15.0. The molecule has 1 amide bonds. The Kier molecular flexibility index (Phi) is 6.47. The number of halogens is 3. The van der Waals surface area contributed by atoms with E-state index in [1.807, 2.05) is 24.3 Å². The van der Waals surface area contributed by atoms with Gasteiger partial charge in [-0.3, -0.25) is 9.48 Å². The molecule has 0 atom stereocenters. The second-order valence-electron chi connectivity index (χ2n) is 6.54. The summed E-state index contributed by atoms with van der Waals surface area (Å²) in [4.78, 5) is 12.5. The zero-order valence-corrected chi connectivity index (χ0v) is 19.2. The molecule has 0 bridgehead atoms. The van der Waals surface area contributed by atoms with Gasteiger partial charge < -0.3 is 10.1 Å². The van der Waals surface area contributed by atoms with Gasteiger partial charge in [-0.1, -0.05) is 34.1 Å². The van der Waals surface area contributed by atoms with Crippen LogP contribution in [0.15, 0.2) is 75.9 Å². The van der Waals surface area contributed by atoms with E-state index in [1.165, 1.54) is 10.7 Å². The summed E-state index contributed by atoms with van der Waals surface area (Å²) in [5, 5.41) is 11.2. The Morgan fingerprint density at radius 2 is 1.81 bits per heavy atom. The normalized spacial score (nSPS) is 10.8. The molecule has 158 valence electrons. The highest BCUT2D eigenvalue weighted by Crippen LogP contribution is 2.22. The van der Waals surface area contributed by atoms with Crippen molar-refractivity contribution in [3.8, 4) is 5.75 Å². The minimum Gasteiger partial charge on any atom is -0.471 e. The molecule has 0 saturated heterocycles. The summed E-state index contributed by atoms with van der Waals surface area (Å²) in [7, 11) is 0. The van der Waals surface area contributed by atoms with Crippen LogP contribution in [0.1, 0.15) is 16.1 Å². The third-order valence-electron chi connectivity index (χ3n) is 4.29. The number of amides is 1. The summed E-state index contributed by atoms with van der Waals surface area (Å²) in [6, 6.07) is 15.5. The molecule has 10 heteroatoms. The maximum atomic E-state index is 13.9. The van der Waals surface area contributed by atoms with Crippen LogP contribution >= 0.6 is 31.9 Å². The van der Waals surface area contributed by atoms with Crippen LogP contribution in [0.3, 0.4) is 0 Å². The molecular formula is C21H16Br2FN5O2. The lowest BCUT2D eigenvalue weighted by Gasteiger charge is -2.06. The van der Waals surface area contributed by atoms with Crippen molar-refractivity contribution in [2.75, 3.05) is 5.32 Å². The molecule has 0 radical (unpaired) electrons. The third kappa shape index (κ3) is 5.39.